The predicted octanol–water partition coefficient (Wildman–Crippen LogP) is 3.05. The first-order valence-electron chi connectivity index (χ1n) is 5.84. The van der Waals surface area contributed by atoms with Gasteiger partial charge in [-0.05, 0) is 65.3 Å². The van der Waals surface area contributed by atoms with Crippen molar-refractivity contribution in [3.8, 4) is 0 Å². The van der Waals surface area contributed by atoms with Crippen LogP contribution in [0.25, 0.3) is 0 Å². The number of rotatable bonds is 0. The van der Waals surface area contributed by atoms with E-state index in [1.165, 1.54) is 38.6 Å². The second kappa shape index (κ2) is 3.27. The van der Waals surface area contributed by atoms with Gasteiger partial charge < -0.3 is 0 Å². The molecule has 0 aromatic carbocycles. The number of likely N-dealkylation sites (tertiary alicyclic amines) is 1. The first-order valence-corrected chi connectivity index (χ1v) is 5.84. The molecule has 0 spiro atoms. The molecule has 13 heavy (non-hydrogen) atoms. The molecule has 76 valence electrons. The minimum absolute atomic E-state index is 0.393. The highest BCUT2D eigenvalue weighted by molar-refractivity contribution is 4.91. The molecule has 1 nitrogen and oxygen atoms in total. The summed E-state index contributed by atoms with van der Waals surface area (Å²) in [7, 11) is 0. The molecule has 0 aromatic rings. The highest BCUT2D eigenvalue weighted by Gasteiger charge is 2.36. The SMILES string of the molecule is CC(C)(C)N1CCCC2CCC1C2. The number of nitrogens with zero attached hydrogens (tertiary/aromatic N) is 1. The van der Waals surface area contributed by atoms with Gasteiger partial charge in [0.1, 0.15) is 0 Å². The monoisotopic (exact) mass is 181 g/mol. The van der Waals surface area contributed by atoms with E-state index in [0.29, 0.717) is 5.54 Å². The predicted molar refractivity (Wildman–Crippen MR) is 56.8 cm³/mol. The summed E-state index contributed by atoms with van der Waals surface area (Å²) >= 11 is 0. The van der Waals surface area contributed by atoms with E-state index < -0.39 is 0 Å². The molecule has 1 saturated heterocycles. The van der Waals surface area contributed by atoms with Crippen molar-refractivity contribution in [3.05, 3.63) is 0 Å². The van der Waals surface area contributed by atoms with E-state index in [-0.39, 0.29) is 0 Å². The number of hydrogen-bond donors (Lipinski definition) is 0. The number of hydrogen-bond acceptors (Lipinski definition) is 1. The Morgan fingerprint density at radius 3 is 2.54 bits per heavy atom. The van der Waals surface area contributed by atoms with E-state index in [4.69, 9.17) is 0 Å². The fraction of sp³-hybridized carbons (Fsp3) is 1.00. The van der Waals surface area contributed by atoms with Crippen LogP contribution in [0.1, 0.15) is 52.9 Å². The van der Waals surface area contributed by atoms with Crippen LogP contribution in [0.4, 0.5) is 0 Å². The van der Waals surface area contributed by atoms with Crippen LogP contribution in [0.2, 0.25) is 0 Å². The third kappa shape index (κ3) is 1.90. The van der Waals surface area contributed by atoms with Gasteiger partial charge >= 0.3 is 0 Å². The quantitative estimate of drug-likeness (QED) is 0.555. The highest BCUT2D eigenvalue weighted by Crippen LogP contribution is 2.38. The largest absolute Gasteiger partial charge is 0.296 e. The molecule has 1 aliphatic carbocycles. The smallest absolute Gasteiger partial charge is 0.0127 e. The summed E-state index contributed by atoms with van der Waals surface area (Å²) in [5.41, 5.74) is 0.393. The highest BCUT2D eigenvalue weighted by atomic mass is 15.2. The fourth-order valence-electron chi connectivity index (χ4n) is 3.21. The molecule has 2 rings (SSSR count). The van der Waals surface area contributed by atoms with Crippen LogP contribution < -0.4 is 0 Å². The topological polar surface area (TPSA) is 3.24 Å². The average molecular weight is 181 g/mol. The van der Waals surface area contributed by atoms with Crippen molar-refractivity contribution in [2.75, 3.05) is 6.54 Å². The lowest BCUT2D eigenvalue weighted by molar-refractivity contribution is 0.0880. The Kier molecular flexibility index (Phi) is 2.39. The molecule has 2 fully saturated rings. The molecule has 0 aromatic heterocycles. The molecule has 1 aliphatic heterocycles. The van der Waals surface area contributed by atoms with Gasteiger partial charge in [0.15, 0.2) is 0 Å². The molecular weight excluding hydrogens is 158 g/mol. The Balaban J connectivity index is 2.09. The lowest BCUT2D eigenvalue weighted by atomic mass is 10.0. The van der Waals surface area contributed by atoms with Crippen LogP contribution in [0.3, 0.4) is 0 Å². The van der Waals surface area contributed by atoms with Crippen molar-refractivity contribution in [1.82, 2.24) is 4.90 Å². The van der Waals surface area contributed by atoms with Crippen molar-refractivity contribution in [2.45, 2.75) is 64.5 Å². The Bertz CT molecular complexity index is 180. The maximum atomic E-state index is 2.75. The summed E-state index contributed by atoms with van der Waals surface area (Å²) in [6.45, 7) is 8.44. The van der Waals surface area contributed by atoms with Crippen molar-refractivity contribution in [2.24, 2.45) is 5.92 Å². The van der Waals surface area contributed by atoms with Gasteiger partial charge in [-0.3, -0.25) is 4.90 Å². The van der Waals surface area contributed by atoms with Gasteiger partial charge in [-0.2, -0.15) is 0 Å². The summed E-state index contributed by atoms with van der Waals surface area (Å²) in [5, 5.41) is 0. The lowest BCUT2D eigenvalue weighted by Crippen LogP contribution is -2.47. The molecule has 2 aliphatic rings. The molecule has 1 heteroatoms. The Morgan fingerprint density at radius 1 is 1.08 bits per heavy atom. The van der Waals surface area contributed by atoms with Crippen LogP contribution >= 0.6 is 0 Å². The molecule has 1 heterocycles. The Hall–Kier alpha value is -0.0400. The molecule has 2 atom stereocenters. The van der Waals surface area contributed by atoms with Gasteiger partial charge in [-0.1, -0.05) is 0 Å². The summed E-state index contributed by atoms with van der Waals surface area (Å²) in [6, 6.07) is 0.910. The second-order valence-electron chi connectivity index (χ2n) is 5.84. The Morgan fingerprint density at radius 2 is 1.85 bits per heavy atom. The van der Waals surface area contributed by atoms with Crippen LogP contribution in [0, 0.1) is 5.92 Å². The van der Waals surface area contributed by atoms with E-state index >= 15 is 0 Å². The van der Waals surface area contributed by atoms with Crippen LogP contribution in [-0.4, -0.2) is 23.0 Å². The van der Waals surface area contributed by atoms with Crippen molar-refractivity contribution in [1.29, 1.82) is 0 Å². The standard InChI is InChI=1S/C12H23N/c1-12(2,3)13-8-4-5-10-6-7-11(13)9-10/h10-11H,4-9H2,1-3H3. The molecule has 0 N–H and O–H groups in total. The van der Waals surface area contributed by atoms with Crippen LogP contribution in [0.5, 0.6) is 0 Å². The second-order valence-corrected chi connectivity index (χ2v) is 5.84. The third-order valence-electron chi connectivity index (χ3n) is 3.83. The molecule has 2 bridgehead atoms. The first-order chi connectivity index (χ1) is 6.07. The van der Waals surface area contributed by atoms with Gasteiger partial charge in [-0.25, -0.2) is 0 Å². The minimum atomic E-state index is 0.393. The van der Waals surface area contributed by atoms with Crippen molar-refractivity contribution in [3.63, 3.8) is 0 Å². The average Bonchev–Trinajstić information content (AvgIpc) is 2.27. The van der Waals surface area contributed by atoms with Gasteiger partial charge in [0.05, 0.1) is 0 Å². The van der Waals surface area contributed by atoms with Crippen LogP contribution in [-0.2, 0) is 0 Å². The minimum Gasteiger partial charge on any atom is -0.296 e. The maximum Gasteiger partial charge on any atom is 0.0127 e. The van der Waals surface area contributed by atoms with Gasteiger partial charge in [0, 0.05) is 11.6 Å². The van der Waals surface area contributed by atoms with E-state index in [1.54, 1.807) is 0 Å². The summed E-state index contributed by atoms with van der Waals surface area (Å²) in [6.07, 6.45) is 7.36. The maximum absolute atomic E-state index is 2.75. The molecule has 0 radical (unpaired) electrons. The summed E-state index contributed by atoms with van der Waals surface area (Å²) in [5.74, 6) is 1.07. The molecular formula is C12H23N. The van der Waals surface area contributed by atoms with E-state index in [2.05, 4.69) is 25.7 Å². The summed E-state index contributed by atoms with van der Waals surface area (Å²) in [4.78, 5) is 2.75. The zero-order chi connectivity index (χ0) is 9.47. The van der Waals surface area contributed by atoms with Crippen molar-refractivity contribution >= 4 is 0 Å². The lowest BCUT2D eigenvalue weighted by Gasteiger charge is -2.39. The zero-order valence-electron chi connectivity index (χ0n) is 9.34. The van der Waals surface area contributed by atoms with Crippen molar-refractivity contribution < 1.29 is 0 Å². The van der Waals surface area contributed by atoms with Gasteiger partial charge in [0.25, 0.3) is 0 Å². The zero-order valence-corrected chi connectivity index (χ0v) is 9.34. The van der Waals surface area contributed by atoms with Gasteiger partial charge in [0.2, 0.25) is 0 Å². The van der Waals surface area contributed by atoms with E-state index in [9.17, 15) is 0 Å². The van der Waals surface area contributed by atoms with Gasteiger partial charge in [-0.15, -0.1) is 0 Å². The fourth-order valence-corrected chi connectivity index (χ4v) is 3.21. The van der Waals surface area contributed by atoms with E-state index in [1.807, 2.05) is 0 Å². The molecule has 2 unspecified atom stereocenters. The van der Waals surface area contributed by atoms with E-state index in [0.717, 1.165) is 12.0 Å². The Labute approximate surface area is 82.5 Å². The third-order valence-corrected chi connectivity index (χ3v) is 3.83. The normalized spacial score (nSPS) is 36.2. The first kappa shape index (κ1) is 9.51. The molecule has 0 amide bonds. The van der Waals surface area contributed by atoms with Crippen LogP contribution in [0.15, 0.2) is 0 Å². The summed E-state index contributed by atoms with van der Waals surface area (Å²) < 4.78 is 0. The number of fused-ring (bicyclic) bond motifs is 2. The molecule has 1 saturated carbocycles.